The second kappa shape index (κ2) is 4.87. The zero-order valence-corrected chi connectivity index (χ0v) is 9.73. The van der Waals surface area contributed by atoms with Crippen molar-refractivity contribution in [2.45, 2.75) is 25.5 Å². The molecule has 6 heteroatoms. The third-order valence-electron chi connectivity index (χ3n) is 2.16. The van der Waals surface area contributed by atoms with E-state index in [-0.39, 0.29) is 17.5 Å². The normalized spacial score (nSPS) is 22.1. The predicted octanol–water partition coefficient (Wildman–Crippen LogP) is -0.417. The second-order valence-corrected chi connectivity index (χ2v) is 4.35. The lowest BCUT2D eigenvalue weighted by atomic mass is 10.1. The molecule has 0 radical (unpaired) electrons. The first-order valence-corrected chi connectivity index (χ1v) is 5.15. The van der Waals surface area contributed by atoms with Gasteiger partial charge < -0.3 is 20.5 Å². The molecular weight excluding hydrogens is 216 g/mol. The van der Waals surface area contributed by atoms with Gasteiger partial charge in [-0.1, -0.05) is 12.2 Å². The van der Waals surface area contributed by atoms with E-state index in [1.54, 1.807) is 13.8 Å². The van der Waals surface area contributed by atoms with Gasteiger partial charge in [-0.15, -0.1) is 0 Å². The minimum Gasteiger partial charge on any atom is -0.391 e. The van der Waals surface area contributed by atoms with Crippen LogP contribution in [0, 0.1) is 0 Å². The molecule has 1 amide bonds. The summed E-state index contributed by atoms with van der Waals surface area (Å²) in [5.41, 5.74) is 4.79. The van der Waals surface area contributed by atoms with Crippen LogP contribution in [0.3, 0.4) is 0 Å². The quantitative estimate of drug-likeness (QED) is 0.647. The Morgan fingerprint density at radius 3 is 2.67 bits per heavy atom. The van der Waals surface area contributed by atoms with Gasteiger partial charge in [-0.05, 0) is 13.8 Å². The molecule has 0 aromatic heterocycles. The first kappa shape index (κ1) is 12.4. The monoisotopic (exact) mass is 232 g/mol. The molecule has 1 aliphatic rings. The van der Waals surface area contributed by atoms with Crippen LogP contribution in [-0.4, -0.2) is 42.4 Å². The highest BCUT2D eigenvalue weighted by Crippen LogP contribution is 2.06. The summed E-state index contributed by atoms with van der Waals surface area (Å²) in [5, 5.41) is 2.72. The molecule has 0 aromatic rings. The SMILES string of the molecule is CC(C)(NC(=O)C1COCCO1)C(N)=S. The zero-order valence-electron chi connectivity index (χ0n) is 8.91. The number of amides is 1. The molecule has 1 atom stereocenters. The Kier molecular flexibility index (Phi) is 4.01. The highest BCUT2D eigenvalue weighted by molar-refractivity contribution is 7.80. The van der Waals surface area contributed by atoms with Crippen LogP contribution >= 0.6 is 12.2 Å². The summed E-state index contributed by atoms with van der Waals surface area (Å²) >= 11 is 4.84. The number of hydrogen-bond acceptors (Lipinski definition) is 4. The summed E-state index contributed by atoms with van der Waals surface area (Å²) in [6, 6.07) is 0. The minimum absolute atomic E-state index is 0.243. The Bertz CT molecular complexity index is 262. The molecule has 0 spiro atoms. The highest BCUT2D eigenvalue weighted by Gasteiger charge is 2.29. The molecule has 1 rings (SSSR count). The van der Waals surface area contributed by atoms with Gasteiger partial charge in [0.1, 0.15) is 0 Å². The van der Waals surface area contributed by atoms with Crippen molar-refractivity contribution in [1.82, 2.24) is 5.32 Å². The van der Waals surface area contributed by atoms with E-state index in [2.05, 4.69) is 5.32 Å². The van der Waals surface area contributed by atoms with Crippen LogP contribution in [0.2, 0.25) is 0 Å². The molecule has 1 aliphatic heterocycles. The molecule has 1 unspecified atom stereocenters. The lowest BCUT2D eigenvalue weighted by Gasteiger charge is -2.29. The lowest BCUT2D eigenvalue weighted by molar-refractivity contribution is -0.148. The summed E-state index contributed by atoms with van der Waals surface area (Å²) in [5.74, 6) is -0.243. The van der Waals surface area contributed by atoms with E-state index >= 15 is 0 Å². The molecule has 0 bridgehead atoms. The molecule has 15 heavy (non-hydrogen) atoms. The van der Waals surface area contributed by atoms with Crippen molar-refractivity contribution in [1.29, 1.82) is 0 Å². The molecule has 1 fully saturated rings. The number of thiocarbonyl (C=S) groups is 1. The molecule has 0 aromatic carbocycles. The number of nitrogens with one attached hydrogen (secondary N) is 1. The Balaban J connectivity index is 2.50. The van der Waals surface area contributed by atoms with Gasteiger partial charge in [0.2, 0.25) is 0 Å². The molecule has 1 saturated heterocycles. The van der Waals surface area contributed by atoms with Crippen molar-refractivity contribution >= 4 is 23.1 Å². The summed E-state index contributed by atoms with van der Waals surface area (Å²) in [6.45, 7) is 4.74. The number of carbonyl (C=O) groups is 1. The van der Waals surface area contributed by atoms with Gasteiger partial charge >= 0.3 is 0 Å². The molecular formula is C9H16N2O3S. The number of hydrogen-bond donors (Lipinski definition) is 2. The first-order valence-electron chi connectivity index (χ1n) is 4.75. The third kappa shape index (κ3) is 3.40. The molecule has 1 heterocycles. The van der Waals surface area contributed by atoms with Crippen molar-refractivity contribution in [3.8, 4) is 0 Å². The van der Waals surface area contributed by atoms with Crippen molar-refractivity contribution < 1.29 is 14.3 Å². The number of nitrogens with two attached hydrogens (primary N) is 1. The van der Waals surface area contributed by atoms with E-state index in [1.165, 1.54) is 0 Å². The average Bonchev–Trinajstić information content (AvgIpc) is 2.18. The van der Waals surface area contributed by atoms with Gasteiger partial charge in [-0.3, -0.25) is 4.79 Å². The van der Waals surface area contributed by atoms with E-state index in [1.807, 2.05) is 0 Å². The fourth-order valence-corrected chi connectivity index (χ4v) is 1.14. The van der Waals surface area contributed by atoms with Crippen molar-refractivity contribution in [2.24, 2.45) is 5.73 Å². The van der Waals surface area contributed by atoms with E-state index in [4.69, 9.17) is 27.4 Å². The van der Waals surface area contributed by atoms with Crippen LogP contribution in [0.15, 0.2) is 0 Å². The largest absolute Gasteiger partial charge is 0.391 e. The zero-order chi connectivity index (χ0) is 11.5. The summed E-state index contributed by atoms with van der Waals surface area (Å²) in [4.78, 5) is 11.9. The first-order chi connectivity index (χ1) is 6.93. The fourth-order valence-electron chi connectivity index (χ4n) is 1.09. The Morgan fingerprint density at radius 1 is 1.53 bits per heavy atom. The van der Waals surface area contributed by atoms with Gasteiger partial charge in [-0.25, -0.2) is 0 Å². The average molecular weight is 232 g/mol. The maximum absolute atomic E-state index is 11.7. The molecule has 3 N–H and O–H groups in total. The summed E-state index contributed by atoms with van der Waals surface area (Å²) in [6.07, 6.45) is -0.563. The van der Waals surface area contributed by atoms with Gasteiger partial charge in [-0.2, -0.15) is 0 Å². The summed E-state index contributed by atoms with van der Waals surface area (Å²) in [7, 11) is 0. The van der Waals surface area contributed by atoms with Crippen molar-refractivity contribution in [3.05, 3.63) is 0 Å². The Hall–Kier alpha value is -0.720. The maximum Gasteiger partial charge on any atom is 0.252 e. The van der Waals surface area contributed by atoms with Crippen molar-refractivity contribution in [3.63, 3.8) is 0 Å². The van der Waals surface area contributed by atoms with Gasteiger partial charge in [0.05, 0.1) is 30.3 Å². The van der Waals surface area contributed by atoms with Crippen LogP contribution in [0.25, 0.3) is 0 Å². The number of ether oxygens (including phenoxy) is 2. The molecule has 86 valence electrons. The van der Waals surface area contributed by atoms with E-state index in [0.717, 1.165) is 0 Å². The van der Waals surface area contributed by atoms with Gasteiger partial charge in [0.25, 0.3) is 5.91 Å². The molecule has 0 saturated carbocycles. The van der Waals surface area contributed by atoms with Crippen molar-refractivity contribution in [2.75, 3.05) is 19.8 Å². The van der Waals surface area contributed by atoms with Crippen LogP contribution in [0.5, 0.6) is 0 Å². The maximum atomic E-state index is 11.7. The van der Waals surface area contributed by atoms with Crippen LogP contribution < -0.4 is 11.1 Å². The van der Waals surface area contributed by atoms with Crippen LogP contribution in [0.4, 0.5) is 0 Å². The third-order valence-corrected chi connectivity index (χ3v) is 2.67. The Labute approximate surface area is 94.3 Å². The summed E-state index contributed by atoms with van der Waals surface area (Å²) < 4.78 is 10.4. The minimum atomic E-state index is -0.701. The van der Waals surface area contributed by atoms with Crippen LogP contribution in [0.1, 0.15) is 13.8 Å². The standard InChI is InChI=1S/C9H16N2O3S/c1-9(2,8(10)15)11-7(12)6-5-13-3-4-14-6/h6H,3-5H2,1-2H3,(H2,10,15)(H,11,12). The second-order valence-electron chi connectivity index (χ2n) is 3.91. The van der Waals surface area contributed by atoms with E-state index < -0.39 is 11.6 Å². The van der Waals surface area contributed by atoms with E-state index in [9.17, 15) is 4.79 Å². The Morgan fingerprint density at radius 2 is 2.20 bits per heavy atom. The predicted molar refractivity (Wildman–Crippen MR) is 59.6 cm³/mol. The topological polar surface area (TPSA) is 73.6 Å². The van der Waals surface area contributed by atoms with Crippen LogP contribution in [-0.2, 0) is 14.3 Å². The smallest absolute Gasteiger partial charge is 0.252 e. The van der Waals surface area contributed by atoms with Gasteiger partial charge in [0, 0.05) is 0 Å². The lowest BCUT2D eigenvalue weighted by Crippen LogP contribution is -2.56. The van der Waals surface area contributed by atoms with E-state index in [0.29, 0.717) is 13.2 Å². The number of rotatable bonds is 3. The molecule has 5 nitrogen and oxygen atoms in total. The number of carbonyl (C=O) groups excluding carboxylic acids is 1. The van der Waals surface area contributed by atoms with Gasteiger partial charge in [0.15, 0.2) is 6.10 Å². The highest BCUT2D eigenvalue weighted by atomic mass is 32.1. The molecule has 0 aliphatic carbocycles. The fraction of sp³-hybridized carbons (Fsp3) is 0.778.